The number of likely N-dealkylation sites (tertiary alicyclic amines) is 1. The van der Waals surface area contributed by atoms with Crippen LogP contribution in [0.3, 0.4) is 0 Å². The zero-order valence-electron chi connectivity index (χ0n) is 13.0. The Labute approximate surface area is 122 Å². The van der Waals surface area contributed by atoms with Gasteiger partial charge in [-0.1, -0.05) is 0 Å². The highest BCUT2D eigenvalue weighted by Crippen LogP contribution is 2.31. The van der Waals surface area contributed by atoms with Gasteiger partial charge in [0.1, 0.15) is 0 Å². The minimum absolute atomic E-state index is 0.531. The highest BCUT2D eigenvalue weighted by atomic mass is 16.5. The summed E-state index contributed by atoms with van der Waals surface area (Å²) in [6.07, 6.45) is 2.35. The van der Waals surface area contributed by atoms with Crippen LogP contribution in [0.2, 0.25) is 0 Å². The first kappa shape index (κ1) is 15.0. The molecule has 0 radical (unpaired) electrons. The number of hydrogen-bond acceptors (Lipinski definition) is 4. The molecule has 1 saturated heterocycles. The molecule has 4 heteroatoms. The van der Waals surface area contributed by atoms with Crippen LogP contribution in [0.1, 0.15) is 26.7 Å². The van der Waals surface area contributed by atoms with Crippen molar-refractivity contribution < 1.29 is 9.47 Å². The Morgan fingerprint density at radius 1 is 1.35 bits per heavy atom. The summed E-state index contributed by atoms with van der Waals surface area (Å²) >= 11 is 0. The molecular formula is C16H26N2O2. The number of piperidine rings is 1. The van der Waals surface area contributed by atoms with E-state index in [-0.39, 0.29) is 0 Å². The molecule has 1 aliphatic heterocycles. The standard InChI is InChI=1S/C16H26N2O2/c1-5-20-15-7-6-13(11-16(15)19-4)17-14-8-9-18(3)12(2)10-14/h6-7,11-12,14,17H,5,8-10H2,1-4H3. The van der Waals surface area contributed by atoms with Gasteiger partial charge in [-0.15, -0.1) is 0 Å². The first-order chi connectivity index (χ1) is 9.63. The summed E-state index contributed by atoms with van der Waals surface area (Å²) in [5.41, 5.74) is 1.10. The minimum atomic E-state index is 0.531. The van der Waals surface area contributed by atoms with Gasteiger partial charge in [-0.2, -0.15) is 0 Å². The van der Waals surface area contributed by atoms with Crippen molar-refractivity contribution in [1.82, 2.24) is 4.90 Å². The molecule has 112 valence electrons. The lowest BCUT2D eigenvalue weighted by Gasteiger charge is -2.35. The van der Waals surface area contributed by atoms with Gasteiger partial charge in [0.05, 0.1) is 13.7 Å². The van der Waals surface area contributed by atoms with Crippen LogP contribution in [0.5, 0.6) is 11.5 Å². The Balaban J connectivity index is 2.02. The second-order valence-corrected chi connectivity index (χ2v) is 5.49. The monoisotopic (exact) mass is 278 g/mol. The van der Waals surface area contributed by atoms with E-state index in [2.05, 4.69) is 30.3 Å². The maximum Gasteiger partial charge on any atom is 0.162 e. The third-order valence-corrected chi connectivity index (χ3v) is 4.04. The van der Waals surface area contributed by atoms with Crippen molar-refractivity contribution in [2.24, 2.45) is 0 Å². The SMILES string of the molecule is CCOc1ccc(NC2CCN(C)C(C)C2)cc1OC. The van der Waals surface area contributed by atoms with Gasteiger partial charge in [0, 0.05) is 30.4 Å². The maximum absolute atomic E-state index is 5.54. The van der Waals surface area contributed by atoms with Crippen molar-refractivity contribution >= 4 is 5.69 Å². The van der Waals surface area contributed by atoms with Gasteiger partial charge in [-0.25, -0.2) is 0 Å². The molecule has 0 aromatic heterocycles. The summed E-state index contributed by atoms with van der Waals surface area (Å²) in [5, 5.41) is 3.61. The fraction of sp³-hybridized carbons (Fsp3) is 0.625. The van der Waals surface area contributed by atoms with Crippen LogP contribution in [-0.4, -0.2) is 44.3 Å². The summed E-state index contributed by atoms with van der Waals surface area (Å²) in [5.74, 6) is 1.59. The number of methoxy groups -OCH3 is 1. The number of nitrogens with one attached hydrogen (secondary N) is 1. The maximum atomic E-state index is 5.54. The largest absolute Gasteiger partial charge is 0.493 e. The molecular weight excluding hydrogens is 252 g/mol. The first-order valence-electron chi connectivity index (χ1n) is 7.41. The molecule has 1 heterocycles. The van der Waals surface area contributed by atoms with Gasteiger partial charge in [0.2, 0.25) is 0 Å². The highest BCUT2D eigenvalue weighted by molar-refractivity contribution is 5.55. The quantitative estimate of drug-likeness (QED) is 0.898. The van der Waals surface area contributed by atoms with Crippen molar-refractivity contribution in [2.45, 2.75) is 38.8 Å². The molecule has 0 spiro atoms. The zero-order chi connectivity index (χ0) is 14.5. The van der Waals surface area contributed by atoms with Gasteiger partial charge in [-0.05, 0) is 45.9 Å². The van der Waals surface area contributed by atoms with Crippen LogP contribution in [0.4, 0.5) is 5.69 Å². The van der Waals surface area contributed by atoms with E-state index in [4.69, 9.17) is 9.47 Å². The Morgan fingerprint density at radius 2 is 2.15 bits per heavy atom. The molecule has 1 aliphatic rings. The molecule has 0 saturated carbocycles. The molecule has 1 N–H and O–H groups in total. The topological polar surface area (TPSA) is 33.7 Å². The lowest BCUT2D eigenvalue weighted by molar-refractivity contribution is 0.190. The van der Waals surface area contributed by atoms with Crippen LogP contribution < -0.4 is 14.8 Å². The van der Waals surface area contributed by atoms with E-state index in [1.54, 1.807) is 7.11 Å². The van der Waals surface area contributed by atoms with E-state index in [9.17, 15) is 0 Å². The van der Waals surface area contributed by atoms with Crippen LogP contribution in [0.25, 0.3) is 0 Å². The number of rotatable bonds is 5. The smallest absolute Gasteiger partial charge is 0.162 e. The van der Waals surface area contributed by atoms with Gasteiger partial charge in [-0.3, -0.25) is 0 Å². The summed E-state index contributed by atoms with van der Waals surface area (Å²) in [6, 6.07) is 7.22. The predicted octanol–water partition coefficient (Wildman–Crippen LogP) is 2.99. The van der Waals surface area contributed by atoms with Crippen LogP contribution in [0.15, 0.2) is 18.2 Å². The summed E-state index contributed by atoms with van der Waals surface area (Å²) in [7, 11) is 3.88. The van der Waals surface area contributed by atoms with Crippen molar-refractivity contribution in [1.29, 1.82) is 0 Å². The fourth-order valence-corrected chi connectivity index (χ4v) is 2.69. The third-order valence-electron chi connectivity index (χ3n) is 4.04. The zero-order valence-corrected chi connectivity index (χ0v) is 13.0. The Bertz CT molecular complexity index is 436. The highest BCUT2D eigenvalue weighted by Gasteiger charge is 2.22. The van der Waals surface area contributed by atoms with Crippen molar-refractivity contribution in [3.05, 3.63) is 18.2 Å². The number of benzene rings is 1. The molecule has 1 fully saturated rings. The average molecular weight is 278 g/mol. The lowest BCUT2D eigenvalue weighted by Crippen LogP contribution is -2.42. The minimum Gasteiger partial charge on any atom is -0.493 e. The average Bonchev–Trinajstić information content (AvgIpc) is 2.45. The molecule has 4 nitrogen and oxygen atoms in total. The van der Waals surface area contributed by atoms with Crippen LogP contribution in [0, 0.1) is 0 Å². The van der Waals surface area contributed by atoms with E-state index in [0.717, 1.165) is 23.7 Å². The van der Waals surface area contributed by atoms with Gasteiger partial charge >= 0.3 is 0 Å². The van der Waals surface area contributed by atoms with Crippen LogP contribution in [-0.2, 0) is 0 Å². The molecule has 1 aromatic carbocycles. The van der Waals surface area contributed by atoms with Crippen molar-refractivity contribution in [3.8, 4) is 11.5 Å². The first-order valence-corrected chi connectivity index (χ1v) is 7.41. The molecule has 2 unspecified atom stereocenters. The molecule has 2 rings (SSSR count). The summed E-state index contributed by atoms with van der Waals surface area (Å²) < 4.78 is 10.9. The Hall–Kier alpha value is -1.42. The number of nitrogens with zero attached hydrogens (tertiary/aromatic N) is 1. The normalized spacial score (nSPS) is 23.4. The third kappa shape index (κ3) is 3.57. The van der Waals surface area contributed by atoms with E-state index in [1.807, 2.05) is 19.1 Å². The van der Waals surface area contributed by atoms with Gasteiger partial charge < -0.3 is 19.7 Å². The molecule has 0 aliphatic carbocycles. The number of hydrogen-bond donors (Lipinski definition) is 1. The Kier molecular flexibility index (Phi) is 5.12. The summed E-state index contributed by atoms with van der Waals surface area (Å²) in [4.78, 5) is 2.41. The fourth-order valence-electron chi connectivity index (χ4n) is 2.69. The molecule has 1 aromatic rings. The number of ether oxygens (including phenoxy) is 2. The second kappa shape index (κ2) is 6.84. The van der Waals surface area contributed by atoms with E-state index in [1.165, 1.54) is 12.8 Å². The van der Waals surface area contributed by atoms with Crippen LogP contribution >= 0.6 is 0 Å². The molecule has 2 atom stereocenters. The lowest BCUT2D eigenvalue weighted by atomic mass is 9.98. The summed E-state index contributed by atoms with van der Waals surface area (Å²) in [6.45, 7) is 6.06. The van der Waals surface area contributed by atoms with Gasteiger partial charge in [0.15, 0.2) is 11.5 Å². The Morgan fingerprint density at radius 3 is 2.80 bits per heavy atom. The van der Waals surface area contributed by atoms with E-state index in [0.29, 0.717) is 18.7 Å². The predicted molar refractivity (Wildman–Crippen MR) is 82.9 cm³/mol. The molecule has 0 amide bonds. The molecule has 20 heavy (non-hydrogen) atoms. The number of anilines is 1. The molecule has 0 bridgehead atoms. The van der Waals surface area contributed by atoms with Gasteiger partial charge in [0.25, 0.3) is 0 Å². The van der Waals surface area contributed by atoms with E-state index >= 15 is 0 Å². The second-order valence-electron chi connectivity index (χ2n) is 5.49. The van der Waals surface area contributed by atoms with E-state index < -0.39 is 0 Å². The van der Waals surface area contributed by atoms with Crippen molar-refractivity contribution in [3.63, 3.8) is 0 Å². The van der Waals surface area contributed by atoms with Crippen molar-refractivity contribution in [2.75, 3.05) is 32.6 Å².